The molecule has 18 heavy (non-hydrogen) atoms. The minimum absolute atomic E-state index is 0.00790. The normalized spacial score (nSPS) is 24.2. The lowest BCUT2D eigenvalue weighted by molar-refractivity contribution is 0.127. The quantitative estimate of drug-likeness (QED) is 0.732. The largest absolute Gasteiger partial charge is 0.396 e. The molecule has 1 fully saturated rings. The molecule has 2 atom stereocenters. The first-order chi connectivity index (χ1) is 8.48. The van der Waals surface area contributed by atoms with E-state index < -0.39 is 0 Å². The van der Waals surface area contributed by atoms with Crippen LogP contribution in [0.15, 0.2) is 0 Å². The maximum absolute atomic E-state index is 9.28. The number of aliphatic hydroxyl groups is 1. The maximum Gasteiger partial charge on any atom is 0.0494 e. The summed E-state index contributed by atoms with van der Waals surface area (Å²) < 4.78 is 0. The molecule has 0 aromatic carbocycles. The van der Waals surface area contributed by atoms with Crippen LogP contribution in [0.4, 0.5) is 0 Å². The van der Waals surface area contributed by atoms with Crippen molar-refractivity contribution in [1.82, 2.24) is 10.2 Å². The smallest absolute Gasteiger partial charge is 0.0494 e. The average molecular weight is 256 g/mol. The fourth-order valence-corrected chi connectivity index (χ4v) is 2.68. The first-order valence-corrected chi connectivity index (χ1v) is 7.55. The van der Waals surface area contributed by atoms with Crippen molar-refractivity contribution < 1.29 is 5.11 Å². The number of aliphatic hydroxyl groups excluding tert-OH is 1. The summed E-state index contributed by atoms with van der Waals surface area (Å²) in [5.41, 5.74) is -0.00790. The molecule has 0 aromatic heterocycles. The highest BCUT2D eigenvalue weighted by Gasteiger charge is 2.25. The van der Waals surface area contributed by atoms with Crippen LogP contribution in [-0.4, -0.2) is 48.8 Å². The van der Waals surface area contributed by atoms with Gasteiger partial charge in [0, 0.05) is 31.2 Å². The zero-order valence-electron chi connectivity index (χ0n) is 12.7. The van der Waals surface area contributed by atoms with Crippen LogP contribution < -0.4 is 5.32 Å². The number of piperidine rings is 1. The molecule has 0 aliphatic carbocycles. The second-order valence-electron chi connectivity index (χ2n) is 6.69. The fraction of sp³-hybridized carbons (Fsp3) is 1.00. The Labute approximate surface area is 113 Å². The van der Waals surface area contributed by atoms with Gasteiger partial charge in [-0.3, -0.25) is 0 Å². The number of nitrogens with zero attached hydrogens (tertiary/aromatic N) is 1. The Morgan fingerprint density at radius 2 is 2.17 bits per heavy atom. The van der Waals surface area contributed by atoms with E-state index in [1.165, 1.54) is 38.9 Å². The third-order valence-electron chi connectivity index (χ3n) is 4.12. The Kier molecular flexibility index (Phi) is 6.61. The summed E-state index contributed by atoms with van der Waals surface area (Å²) in [7, 11) is 0. The van der Waals surface area contributed by atoms with Gasteiger partial charge in [-0.1, -0.05) is 20.8 Å². The molecule has 0 spiro atoms. The Bertz CT molecular complexity index is 229. The van der Waals surface area contributed by atoms with Gasteiger partial charge in [0.2, 0.25) is 0 Å². The Morgan fingerprint density at radius 1 is 1.44 bits per heavy atom. The fourth-order valence-electron chi connectivity index (χ4n) is 2.68. The molecule has 0 radical (unpaired) electrons. The SMILES string of the molecule is CCCN1CCCC(C(C)NCC(C)(C)CO)C1. The highest BCUT2D eigenvalue weighted by atomic mass is 16.3. The summed E-state index contributed by atoms with van der Waals surface area (Å²) in [6.07, 6.45) is 3.93. The van der Waals surface area contributed by atoms with Gasteiger partial charge in [-0.15, -0.1) is 0 Å². The van der Waals surface area contributed by atoms with Crippen LogP contribution in [0.2, 0.25) is 0 Å². The number of hydrogen-bond acceptors (Lipinski definition) is 3. The van der Waals surface area contributed by atoms with E-state index in [-0.39, 0.29) is 12.0 Å². The lowest BCUT2D eigenvalue weighted by atomic mass is 9.89. The molecule has 0 amide bonds. The predicted molar refractivity (Wildman–Crippen MR) is 77.8 cm³/mol. The highest BCUT2D eigenvalue weighted by molar-refractivity contribution is 4.82. The van der Waals surface area contributed by atoms with Gasteiger partial charge in [-0.25, -0.2) is 0 Å². The molecular formula is C15H32N2O. The zero-order chi connectivity index (χ0) is 13.6. The van der Waals surface area contributed by atoms with Crippen molar-refractivity contribution in [3.63, 3.8) is 0 Å². The van der Waals surface area contributed by atoms with E-state index in [1.54, 1.807) is 0 Å². The van der Waals surface area contributed by atoms with E-state index >= 15 is 0 Å². The molecule has 2 N–H and O–H groups in total. The maximum atomic E-state index is 9.28. The van der Waals surface area contributed by atoms with Crippen molar-refractivity contribution in [3.05, 3.63) is 0 Å². The van der Waals surface area contributed by atoms with Gasteiger partial charge in [-0.05, 0) is 45.2 Å². The van der Waals surface area contributed by atoms with Crippen molar-refractivity contribution >= 4 is 0 Å². The summed E-state index contributed by atoms with van der Waals surface area (Å²) in [6.45, 7) is 13.7. The highest BCUT2D eigenvalue weighted by Crippen LogP contribution is 2.21. The first kappa shape index (κ1) is 15.9. The van der Waals surface area contributed by atoms with Gasteiger partial charge >= 0.3 is 0 Å². The third-order valence-corrected chi connectivity index (χ3v) is 4.12. The van der Waals surface area contributed by atoms with Crippen LogP contribution in [0.5, 0.6) is 0 Å². The minimum Gasteiger partial charge on any atom is -0.396 e. The molecular weight excluding hydrogens is 224 g/mol. The second kappa shape index (κ2) is 7.46. The molecule has 0 bridgehead atoms. The number of nitrogens with one attached hydrogen (secondary N) is 1. The molecule has 0 saturated carbocycles. The van der Waals surface area contributed by atoms with Crippen LogP contribution in [-0.2, 0) is 0 Å². The first-order valence-electron chi connectivity index (χ1n) is 7.55. The number of rotatable bonds is 7. The molecule has 108 valence electrons. The Balaban J connectivity index is 2.34. The van der Waals surface area contributed by atoms with Gasteiger partial charge in [0.1, 0.15) is 0 Å². The van der Waals surface area contributed by atoms with E-state index in [4.69, 9.17) is 0 Å². The lowest BCUT2D eigenvalue weighted by Gasteiger charge is -2.37. The van der Waals surface area contributed by atoms with Crippen LogP contribution in [0.3, 0.4) is 0 Å². The van der Waals surface area contributed by atoms with E-state index in [1.807, 2.05) is 0 Å². The summed E-state index contributed by atoms with van der Waals surface area (Å²) in [4.78, 5) is 2.60. The molecule has 1 heterocycles. The topological polar surface area (TPSA) is 35.5 Å². The lowest BCUT2D eigenvalue weighted by Crippen LogP contribution is -2.47. The van der Waals surface area contributed by atoms with Gasteiger partial charge in [0.15, 0.2) is 0 Å². The predicted octanol–water partition coefficient (Wildman–Crippen LogP) is 2.11. The van der Waals surface area contributed by atoms with Crippen molar-refractivity contribution in [2.45, 2.75) is 53.0 Å². The summed E-state index contributed by atoms with van der Waals surface area (Å²) in [6, 6.07) is 0.551. The molecule has 1 aliphatic heterocycles. The monoisotopic (exact) mass is 256 g/mol. The van der Waals surface area contributed by atoms with Crippen LogP contribution in [0.25, 0.3) is 0 Å². The van der Waals surface area contributed by atoms with Crippen LogP contribution in [0, 0.1) is 11.3 Å². The van der Waals surface area contributed by atoms with Gasteiger partial charge in [-0.2, -0.15) is 0 Å². The Morgan fingerprint density at radius 3 is 2.78 bits per heavy atom. The van der Waals surface area contributed by atoms with Crippen molar-refractivity contribution in [2.75, 3.05) is 32.8 Å². The van der Waals surface area contributed by atoms with Gasteiger partial charge < -0.3 is 15.3 Å². The molecule has 2 unspecified atom stereocenters. The van der Waals surface area contributed by atoms with Crippen molar-refractivity contribution in [3.8, 4) is 0 Å². The van der Waals surface area contributed by atoms with Crippen LogP contribution >= 0.6 is 0 Å². The average Bonchev–Trinajstić information content (AvgIpc) is 2.37. The molecule has 0 aromatic rings. The van der Waals surface area contributed by atoms with Crippen molar-refractivity contribution in [2.24, 2.45) is 11.3 Å². The summed E-state index contributed by atoms with van der Waals surface area (Å²) >= 11 is 0. The van der Waals surface area contributed by atoms with E-state index in [2.05, 4.69) is 37.9 Å². The van der Waals surface area contributed by atoms with Gasteiger partial charge in [0.25, 0.3) is 0 Å². The van der Waals surface area contributed by atoms with Crippen molar-refractivity contribution in [1.29, 1.82) is 0 Å². The summed E-state index contributed by atoms with van der Waals surface area (Å²) in [5.74, 6) is 0.764. The third kappa shape index (κ3) is 5.25. The van der Waals surface area contributed by atoms with Gasteiger partial charge in [0.05, 0.1) is 0 Å². The molecule has 1 saturated heterocycles. The van der Waals surface area contributed by atoms with Crippen LogP contribution in [0.1, 0.15) is 47.0 Å². The van der Waals surface area contributed by atoms with E-state index in [0.29, 0.717) is 6.04 Å². The van der Waals surface area contributed by atoms with E-state index in [0.717, 1.165) is 12.5 Å². The molecule has 3 nitrogen and oxygen atoms in total. The zero-order valence-corrected chi connectivity index (χ0v) is 12.7. The number of likely N-dealkylation sites (tertiary alicyclic amines) is 1. The minimum atomic E-state index is -0.00790. The molecule has 1 aliphatic rings. The second-order valence-corrected chi connectivity index (χ2v) is 6.69. The number of hydrogen-bond donors (Lipinski definition) is 2. The summed E-state index contributed by atoms with van der Waals surface area (Å²) in [5, 5.41) is 12.9. The molecule has 1 rings (SSSR count). The van der Waals surface area contributed by atoms with E-state index in [9.17, 15) is 5.11 Å². The molecule has 3 heteroatoms. The standard InChI is InChI=1S/C15H32N2O/c1-5-8-17-9-6-7-14(10-17)13(2)16-11-15(3,4)12-18/h13-14,16,18H,5-12H2,1-4H3. The Hall–Kier alpha value is -0.120.